The number of aromatic nitrogens is 1. The van der Waals surface area contributed by atoms with Crippen LogP contribution in [-0.2, 0) is 0 Å². The Bertz CT molecular complexity index is 517. The van der Waals surface area contributed by atoms with E-state index in [0.29, 0.717) is 12.1 Å². The van der Waals surface area contributed by atoms with Crippen LogP contribution in [0.25, 0.3) is 0 Å². The van der Waals surface area contributed by atoms with Crippen molar-refractivity contribution < 1.29 is 9.90 Å². The maximum absolute atomic E-state index is 12.1. The average molecular weight is 303 g/mol. The van der Waals surface area contributed by atoms with E-state index in [0.717, 1.165) is 44.1 Å². The van der Waals surface area contributed by atoms with E-state index in [1.807, 2.05) is 12.1 Å². The van der Waals surface area contributed by atoms with Gasteiger partial charge in [0.25, 0.3) is 5.91 Å². The summed E-state index contributed by atoms with van der Waals surface area (Å²) in [5.74, 6) is 1.58. The molecule has 22 heavy (non-hydrogen) atoms. The van der Waals surface area contributed by atoms with Crippen LogP contribution in [-0.4, -0.2) is 41.2 Å². The first-order chi connectivity index (χ1) is 10.6. The minimum atomic E-state index is -0.687. The number of nitrogens with zero attached hydrogens (tertiary/aromatic N) is 2. The first-order valence-corrected chi connectivity index (χ1v) is 8.27. The molecule has 1 aliphatic carbocycles. The molecule has 5 heteroatoms. The number of hydrogen-bond acceptors (Lipinski definition) is 4. The molecule has 3 rings (SSSR count). The van der Waals surface area contributed by atoms with Crippen LogP contribution in [0, 0.1) is 5.92 Å². The van der Waals surface area contributed by atoms with Gasteiger partial charge in [0.1, 0.15) is 5.82 Å². The second-order valence-corrected chi connectivity index (χ2v) is 6.84. The van der Waals surface area contributed by atoms with E-state index in [1.54, 1.807) is 6.20 Å². The number of amides is 1. The fraction of sp³-hybridized carbons (Fsp3) is 0.647. The number of pyridine rings is 1. The van der Waals surface area contributed by atoms with Crippen LogP contribution >= 0.6 is 0 Å². The molecule has 0 bridgehead atoms. The van der Waals surface area contributed by atoms with Gasteiger partial charge < -0.3 is 15.3 Å². The van der Waals surface area contributed by atoms with E-state index >= 15 is 0 Å². The summed E-state index contributed by atoms with van der Waals surface area (Å²) < 4.78 is 0. The summed E-state index contributed by atoms with van der Waals surface area (Å²) in [7, 11) is 0. The highest BCUT2D eigenvalue weighted by atomic mass is 16.3. The molecule has 0 aromatic carbocycles. The van der Waals surface area contributed by atoms with Gasteiger partial charge in [0.15, 0.2) is 0 Å². The normalized spacial score (nSPS) is 21.3. The van der Waals surface area contributed by atoms with Crippen LogP contribution in [0.4, 0.5) is 5.82 Å². The topological polar surface area (TPSA) is 65.5 Å². The predicted octanol–water partition coefficient (Wildman–Crippen LogP) is 1.96. The molecule has 120 valence electrons. The number of anilines is 1. The maximum atomic E-state index is 12.1. The monoisotopic (exact) mass is 303 g/mol. The van der Waals surface area contributed by atoms with Gasteiger partial charge in [0.05, 0.1) is 11.2 Å². The third-order valence-corrected chi connectivity index (χ3v) is 4.98. The van der Waals surface area contributed by atoms with Gasteiger partial charge in [-0.1, -0.05) is 6.92 Å². The number of carbonyl (C=O) groups excluding carboxylic acids is 1. The third kappa shape index (κ3) is 3.40. The first-order valence-electron chi connectivity index (χ1n) is 8.27. The summed E-state index contributed by atoms with van der Waals surface area (Å²) in [4.78, 5) is 18.8. The van der Waals surface area contributed by atoms with Gasteiger partial charge in [-0.15, -0.1) is 0 Å². The van der Waals surface area contributed by atoms with Gasteiger partial charge in [-0.05, 0) is 50.2 Å². The van der Waals surface area contributed by atoms with Crippen molar-refractivity contribution >= 4 is 11.7 Å². The molecule has 0 radical (unpaired) electrons. The lowest BCUT2D eigenvalue weighted by molar-refractivity contribution is -0.0300. The highest BCUT2D eigenvalue weighted by molar-refractivity contribution is 5.94. The van der Waals surface area contributed by atoms with Crippen LogP contribution in [0.2, 0.25) is 0 Å². The molecule has 1 aliphatic heterocycles. The molecule has 5 nitrogen and oxygen atoms in total. The van der Waals surface area contributed by atoms with E-state index < -0.39 is 5.60 Å². The van der Waals surface area contributed by atoms with Gasteiger partial charge in [0, 0.05) is 25.8 Å². The lowest BCUT2D eigenvalue weighted by atomic mass is 9.80. The molecule has 1 saturated carbocycles. The van der Waals surface area contributed by atoms with Crippen LogP contribution in [0.1, 0.15) is 49.4 Å². The Kier molecular flexibility index (Phi) is 4.34. The predicted molar refractivity (Wildman–Crippen MR) is 86.0 cm³/mol. The van der Waals surface area contributed by atoms with E-state index in [1.165, 1.54) is 12.8 Å². The second-order valence-electron chi connectivity index (χ2n) is 6.84. The van der Waals surface area contributed by atoms with Crippen molar-refractivity contribution in [3.63, 3.8) is 0 Å². The lowest BCUT2D eigenvalue weighted by Crippen LogP contribution is -2.47. The van der Waals surface area contributed by atoms with Gasteiger partial charge in [-0.25, -0.2) is 4.98 Å². The SMILES string of the molecule is CC1CCN(c2ccc(C(=O)NCC3(O)CCC3)cn2)CC1. The largest absolute Gasteiger partial charge is 0.388 e. The number of piperidine rings is 1. The Balaban J connectivity index is 1.55. The Morgan fingerprint density at radius 2 is 2.14 bits per heavy atom. The van der Waals surface area contributed by atoms with E-state index in [-0.39, 0.29) is 5.91 Å². The van der Waals surface area contributed by atoms with Crippen LogP contribution in [0.15, 0.2) is 18.3 Å². The van der Waals surface area contributed by atoms with Crippen LogP contribution in [0.3, 0.4) is 0 Å². The molecule has 0 spiro atoms. The van der Waals surface area contributed by atoms with Crippen LogP contribution < -0.4 is 10.2 Å². The zero-order valence-electron chi connectivity index (χ0n) is 13.2. The maximum Gasteiger partial charge on any atom is 0.252 e. The molecule has 2 N–H and O–H groups in total. The Labute approximate surface area is 131 Å². The van der Waals surface area contributed by atoms with Crippen LogP contribution in [0.5, 0.6) is 0 Å². The van der Waals surface area contributed by atoms with Gasteiger partial charge in [-0.2, -0.15) is 0 Å². The fourth-order valence-electron chi connectivity index (χ4n) is 3.05. The molecule has 1 amide bonds. The van der Waals surface area contributed by atoms with Gasteiger partial charge >= 0.3 is 0 Å². The van der Waals surface area contributed by atoms with E-state index in [4.69, 9.17) is 0 Å². The number of hydrogen-bond donors (Lipinski definition) is 2. The Hall–Kier alpha value is -1.62. The number of carbonyl (C=O) groups is 1. The molecular formula is C17H25N3O2. The molecule has 1 saturated heterocycles. The highest BCUT2D eigenvalue weighted by Crippen LogP contribution is 2.30. The molecule has 2 aliphatic rings. The summed E-state index contributed by atoms with van der Waals surface area (Å²) >= 11 is 0. The second kappa shape index (κ2) is 6.24. The fourth-order valence-corrected chi connectivity index (χ4v) is 3.05. The van der Waals surface area contributed by atoms with E-state index in [9.17, 15) is 9.90 Å². The van der Waals surface area contributed by atoms with Crippen molar-refractivity contribution in [2.24, 2.45) is 5.92 Å². The molecular weight excluding hydrogens is 278 g/mol. The molecule has 0 unspecified atom stereocenters. The van der Waals surface area contributed by atoms with Crippen molar-refractivity contribution in [3.8, 4) is 0 Å². The molecule has 1 aromatic rings. The minimum absolute atomic E-state index is 0.161. The van der Waals surface area contributed by atoms with Crippen molar-refractivity contribution in [3.05, 3.63) is 23.9 Å². The number of nitrogens with one attached hydrogen (secondary N) is 1. The summed E-state index contributed by atoms with van der Waals surface area (Å²) in [6, 6.07) is 3.74. The van der Waals surface area contributed by atoms with E-state index in [2.05, 4.69) is 22.1 Å². The summed E-state index contributed by atoms with van der Waals surface area (Å²) in [6.45, 7) is 4.69. The van der Waals surface area contributed by atoms with Crippen molar-refractivity contribution in [1.29, 1.82) is 0 Å². The first kappa shape index (κ1) is 15.3. The Morgan fingerprint density at radius 3 is 2.68 bits per heavy atom. The average Bonchev–Trinajstić information content (AvgIpc) is 2.52. The summed E-state index contributed by atoms with van der Waals surface area (Å²) in [5.41, 5.74) is -0.134. The third-order valence-electron chi connectivity index (χ3n) is 4.98. The lowest BCUT2D eigenvalue weighted by Gasteiger charge is -2.36. The summed E-state index contributed by atoms with van der Waals surface area (Å²) in [6.07, 6.45) is 6.62. The standard InChI is InChI=1S/C17H25N3O2/c1-13-5-9-20(10-6-13)15-4-3-14(11-18-15)16(21)19-12-17(22)7-2-8-17/h3-4,11,13,22H,2,5-10,12H2,1H3,(H,19,21). The molecule has 2 heterocycles. The van der Waals surface area contributed by atoms with Crippen molar-refractivity contribution in [2.75, 3.05) is 24.5 Å². The summed E-state index contributed by atoms with van der Waals surface area (Å²) in [5, 5.41) is 12.8. The molecule has 0 atom stereocenters. The minimum Gasteiger partial charge on any atom is -0.388 e. The zero-order chi connectivity index (χ0) is 15.6. The number of rotatable bonds is 4. The van der Waals surface area contributed by atoms with Gasteiger partial charge in [-0.3, -0.25) is 4.79 Å². The van der Waals surface area contributed by atoms with Crippen molar-refractivity contribution in [1.82, 2.24) is 10.3 Å². The zero-order valence-corrected chi connectivity index (χ0v) is 13.2. The quantitative estimate of drug-likeness (QED) is 0.892. The molecule has 2 fully saturated rings. The molecule has 1 aromatic heterocycles. The smallest absolute Gasteiger partial charge is 0.252 e. The van der Waals surface area contributed by atoms with Crippen molar-refractivity contribution in [2.45, 2.75) is 44.6 Å². The van der Waals surface area contributed by atoms with Gasteiger partial charge in [0.2, 0.25) is 0 Å². The number of aliphatic hydroxyl groups is 1. The Morgan fingerprint density at radius 1 is 1.41 bits per heavy atom. The highest BCUT2D eigenvalue weighted by Gasteiger charge is 2.34.